The zero-order chi connectivity index (χ0) is 13.2. The molecule has 0 spiro atoms. The van der Waals surface area contributed by atoms with Crippen LogP contribution in [0.4, 0.5) is 0 Å². The number of nitrogens with one attached hydrogen (secondary N) is 1. The first-order valence-electron chi connectivity index (χ1n) is 5.79. The van der Waals surface area contributed by atoms with Crippen LogP contribution in [-0.4, -0.2) is 53.6 Å². The van der Waals surface area contributed by atoms with Crippen LogP contribution in [0.3, 0.4) is 0 Å². The Balaban J connectivity index is 2.11. The molecular formula is C10H18N4O2S2. The molecule has 0 aliphatic carbocycles. The largest absolute Gasteiger partial charge is 0.329 e. The Hall–Kier alpha value is -0.570. The summed E-state index contributed by atoms with van der Waals surface area (Å²) in [5, 5.41) is 6.36. The van der Waals surface area contributed by atoms with E-state index in [0.29, 0.717) is 19.6 Å². The van der Waals surface area contributed by atoms with E-state index in [1.54, 1.807) is 11.8 Å². The molecule has 0 unspecified atom stereocenters. The second kappa shape index (κ2) is 5.20. The molecule has 0 radical (unpaired) electrons. The van der Waals surface area contributed by atoms with Crippen LogP contribution in [0.25, 0.3) is 0 Å². The molecule has 1 aromatic heterocycles. The summed E-state index contributed by atoms with van der Waals surface area (Å²) in [6.45, 7) is 1.62. The maximum atomic E-state index is 12.3. The normalized spacial score (nSPS) is 21.0. The highest BCUT2D eigenvalue weighted by molar-refractivity contribution is 8.00. The third-order valence-electron chi connectivity index (χ3n) is 3.53. The Bertz CT molecular complexity index is 472. The average Bonchev–Trinajstić information content (AvgIpc) is 2.93. The van der Waals surface area contributed by atoms with Crippen LogP contribution in [-0.2, 0) is 10.0 Å². The average molecular weight is 290 g/mol. The van der Waals surface area contributed by atoms with Crippen LogP contribution in [0.2, 0.25) is 0 Å². The number of sulfonamides is 1. The Morgan fingerprint density at radius 2 is 2.22 bits per heavy atom. The van der Waals surface area contributed by atoms with Crippen molar-refractivity contribution >= 4 is 21.8 Å². The fourth-order valence-electron chi connectivity index (χ4n) is 2.15. The lowest BCUT2D eigenvalue weighted by Crippen LogP contribution is -2.48. The number of hydrogen-bond acceptors (Lipinski definition) is 5. The van der Waals surface area contributed by atoms with Gasteiger partial charge in [-0.15, -0.1) is 0 Å². The third-order valence-corrected chi connectivity index (χ3v) is 6.80. The minimum absolute atomic E-state index is 0.0278. The quantitative estimate of drug-likeness (QED) is 0.829. The van der Waals surface area contributed by atoms with Gasteiger partial charge in [-0.05, 0) is 25.2 Å². The maximum Gasteiger partial charge on any atom is 0.259 e. The first-order chi connectivity index (χ1) is 8.54. The molecule has 0 atom stereocenters. The van der Waals surface area contributed by atoms with Crippen molar-refractivity contribution in [2.45, 2.75) is 22.6 Å². The van der Waals surface area contributed by atoms with Crippen molar-refractivity contribution in [2.24, 2.45) is 5.73 Å². The molecular weight excluding hydrogens is 272 g/mol. The summed E-state index contributed by atoms with van der Waals surface area (Å²) in [5.41, 5.74) is 5.79. The summed E-state index contributed by atoms with van der Waals surface area (Å²) < 4.78 is 26.0. The van der Waals surface area contributed by atoms with Gasteiger partial charge in [0.25, 0.3) is 10.0 Å². The number of nitrogens with zero attached hydrogens (tertiary/aromatic N) is 2. The van der Waals surface area contributed by atoms with Gasteiger partial charge in [-0.1, -0.05) is 0 Å². The van der Waals surface area contributed by atoms with E-state index >= 15 is 0 Å². The zero-order valence-corrected chi connectivity index (χ0v) is 11.9. The summed E-state index contributed by atoms with van der Waals surface area (Å²) in [6, 6.07) is 1.48. The van der Waals surface area contributed by atoms with Gasteiger partial charge in [-0.2, -0.15) is 21.2 Å². The highest BCUT2D eigenvalue weighted by Gasteiger charge is 2.37. The van der Waals surface area contributed by atoms with Crippen molar-refractivity contribution < 1.29 is 8.42 Å². The standard InChI is InChI=1S/C10H18N4O2S2/c1-17-10(8-11)3-6-14(7-4-10)18(15,16)9-2-5-12-13-9/h2,5H,3-4,6-8,11H2,1H3,(H,12,13). The predicted molar refractivity (Wildman–Crippen MR) is 71.9 cm³/mol. The number of nitrogens with two attached hydrogens (primary N) is 1. The molecule has 18 heavy (non-hydrogen) atoms. The summed E-state index contributed by atoms with van der Waals surface area (Å²) >= 11 is 1.74. The molecule has 1 saturated heterocycles. The number of aromatic nitrogens is 2. The summed E-state index contributed by atoms with van der Waals surface area (Å²) in [6.07, 6.45) is 5.06. The van der Waals surface area contributed by atoms with Crippen LogP contribution < -0.4 is 5.73 Å². The number of hydrogen-bond donors (Lipinski definition) is 2. The van der Waals surface area contributed by atoms with Gasteiger partial charge in [0.2, 0.25) is 0 Å². The lowest BCUT2D eigenvalue weighted by atomic mass is 9.97. The number of aromatic amines is 1. The minimum atomic E-state index is -3.42. The molecule has 1 aliphatic rings. The van der Waals surface area contributed by atoms with E-state index in [-0.39, 0.29) is 9.77 Å². The van der Waals surface area contributed by atoms with Gasteiger partial charge >= 0.3 is 0 Å². The Morgan fingerprint density at radius 1 is 1.56 bits per heavy atom. The lowest BCUT2D eigenvalue weighted by Gasteiger charge is -2.39. The molecule has 6 nitrogen and oxygen atoms in total. The van der Waals surface area contributed by atoms with E-state index < -0.39 is 10.0 Å². The van der Waals surface area contributed by atoms with Crippen LogP contribution in [0.15, 0.2) is 17.3 Å². The van der Waals surface area contributed by atoms with Crippen molar-refractivity contribution in [3.8, 4) is 0 Å². The Morgan fingerprint density at radius 3 is 2.67 bits per heavy atom. The van der Waals surface area contributed by atoms with Crippen LogP contribution >= 0.6 is 11.8 Å². The van der Waals surface area contributed by atoms with Gasteiger partial charge in [0, 0.05) is 24.4 Å². The number of rotatable bonds is 4. The van der Waals surface area contributed by atoms with E-state index in [1.807, 2.05) is 6.26 Å². The topological polar surface area (TPSA) is 92.1 Å². The van der Waals surface area contributed by atoms with Crippen LogP contribution in [0.1, 0.15) is 12.8 Å². The van der Waals surface area contributed by atoms with Crippen molar-refractivity contribution in [1.29, 1.82) is 0 Å². The van der Waals surface area contributed by atoms with Crippen LogP contribution in [0, 0.1) is 0 Å². The fraction of sp³-hybridized carbons (Fsp3) is 0.700. The van der Waals surface area contributed by atoms with Gasteiger partial charge in [0.15, 0.2) is 5.03 Å². The van der Waals surface area contributed by atoms with Gasteiger partial charge in [-0.3, -0.25) is 5.10 Å². The molecule has 1 fully saturated rings. The molecule has 2 heterocycles. The summed E-state index contributed by atoms with van der Waals surface area (Å²) in [7, 11) is -3.42. The summed E-state index contributed by atoms with van der Waals surface area (Å²) in [5.74, 6) is 0. The van der Waals surface area contributed by atoms with Crippen molar-refractivity contribution in [3.05, 3.63) is 12.3 Å². The molecule has 8 heteroatoms. The molecule has 0 saturated carbocycles. The van der Waals surface area contributed by atoms with E-state index in [1.165, 1.54) is 16.6 Å². The van der Waals surface area contributed by atoms with E-state index in [0.717, 1.165) is 12.8 Å². The molecule has 1 aliphatic heterocycles. The second-order valence-electron chi connectivity index (χ2n) is 4.42. The van der Waals surface area contributed by atoms with E-state index in [4.69, 9.17) is 5.73 Å². The van der Waals surface area contributed by atoms with E-state index in [2.05, 4.69) is 10.2 Å². The minimum Gasteiger partial charge on any atom is -0.329 e. The summed E-state index contributed by atoms with van der Waals surface area (Å²) in [4.78, 5) is 0. The Labute approximate surface area is 111 Å². The van der Waals surface area contributed by atoms with Gasteiger partial charge in [0.05, 0.1) is 6.20 Å². The van der Waals surface area contributed by atoms with Gasteiger partial charge in [-0.25, -0.2) is 8.42 Å². The predicted octanol–water partition coefficient (Wildman–Crippen LogP) is 0.255. The van der Waals surface area contributed by atoms with Crippen molar-refractivity contribution in [1.82, 2.24) is 14.5 Å². The van der Waals surface area contributed by atoms with Crippen molar-refractivity contribution in [2.75, 3.05) is 25.9 Å². The highest BCUT2D eigenvalue weighted by atomic mass is 32.2. The monoisotopic (exact) mass is 290 g/mol. The van der Waals surface area contributed by atoms with Gasteiger partial charge < -0.3 is 5.73 Å². The molecule has 0 bridgehead atoms. The molecule has 102 valence electrons. The Kier molecular flexibility index (Phi) is 4.00. The number of thioether (sulfide) groups is 1. The first-order valence-corrected chi connectivity index (χ1v) is 8.45. The van der Waals surface area contributed by atoms with E-state index in [9.17, 15) is 8.42 Å². The van der Waals surface area contributed by atoms with Gasteiger partial charge in [0.1, 0.15) is 0 Å². The second-order valence-corrected chi connectivity index (χ2v) is 7.60. The maximum absolute atomic E-state index is 12.3. The molecule has 1 aromatic rings. The molecule has 3 N–H and O–H groups in total. The molecule has 2 rings (SSSR count). The smallest absolute Gasteiger partial charge is 0.259 e. The van der Waals surface area contributed by atoms with Crippen LogP contribution in [0.5, 0.6) is 0 Å². The number of H-pyrrole nitrogens is 1. The highest BCUT2D eigenvalue weighted by Crippen LogP contribution is 2.34. The SMILES string of the molecule is CSC1(CN)CCN(S(=O)(=O)c2ccn[nH]2)CC1. The van der Waals surface area contributed by atoms with Crippen molar-refractivity contribution in [3.63, 3.8) is 0 Å². The molecule has 0 amide bonds. The number of piperidine rings is 1. The zero-order valence-electron chi connectivity index (χ0n) is 10.3. The lowest BCUT2D eigenvalue weighted by molar-refractivity contribution is 0.301. The third kappa shape index (κ3) is 2.42. The fourth-order valence-corrected chi connectivity index (χ4v) is 4.25. The molecule has 0 aromatic carbocycles. The first kappa shape index (κ1) is 13.9.